The van der Waals surface area contributed by atoms with Crippen molar-refractivity contribution in [2.75, 3.05) is 5.32 Å². The van der Waals surface area contributed by atoms with Crippen LogP contribution >= 0.6 is 11.6 Å². The van der Waals surface area contributed by atoms with Gasteiger partial charge >= 0.3 is 0 Å². The number of amides is 1. The van der Waals surface area contributed by atoms with Crippen molar-refractivity contribution in [3.05, 3.63) is 65.4 Å². The van der Waals surface area contributed by atoms with E-state index in [1.807, 2.05) is 24.3 Å². The van der Waals surface area contributed by atoms with Crippen LogP contribution in [-0.2, 0) is 0 Å². The highest BCUT2D eigenvalue weighted by atomic mass is 35.5. The quantitative estimate of drug-likeness (QED) is 0.558. The Morgan fingerprint density at radius 1 is 1.05 bits per heavy atom. The number of hydrogen-bond donors (Lipinski definition) is 2. The molecule has 0 saturated carbocycles. The Balaban J connectivity index is 1.98. The van der Waals surface area contributed by atoms with Crippen LogP contribution in [0.15, 0.2) is 54.7 Å². The summed E-state index contributed by atoms with van der Waals surface area (Å²) < 4.78 is 0. The molecular weight excluding hydrogens is 288 g/mol. The van der Waals surface area contributed by atoms with Crippen molar-refractivity contribution in [2.45, 2.75) is 0 Å². The summed E-state index contributed by atoms with van der Waals surface area (Å²) in [4.78, 5) is 16.4. The van der Waals surface area contributed by atoms with Crippen molar-refractivity contribution in [1.29, 1.82) is 0 Å². The molecule has 0 bridgehead atoms. The summed E-state index contributed by atoms with van der Waals surface area (Å²) in [7, 11) is 0. The summed E-state index contributed by atoms with van der Waals surface area (Å²) in [6.45, 7) is 0. The SMILES string of the molecule is O=C(Nc1ccc(O)cc1)c1cnc(Cl)c2ccccc12. The molecule has 0 aliphatic heterocycles. The molecule has 0 aliphatic carbocycles. The first-order valence-electron chi connectivity index (χ1n) is 6.29. The zero-order valence-electron chi connectivity index (χ0n) is 10.9. The second-order valence-corrected chi connectivity index (χ2v) is 4.87. The van der Waals surface area contributed by atoms with Crippen LogP contribution in [0.4, 0.5) is 5.69 Å². The average molecular weight is 299 g/mol. The second kappa shape index (κ2) is 5.42. The number of nitrogens with one attached hydrogen (secondary N) is 1. The zero-order valence-corrected chi connectivity index (χ0v) is 11.6. The molecule has 4 nitrogen and oxygen atoms in total. The summed E-state index contributed by atoms with van der Waals surface area (Å²) in [5, 5.41) is 13.9. The van der Waals surface area contributed by atoms with Gasteiger partial charge in [0.1, 0.15) is 10.9 Å². The maximum Gasteiger partial charge on any atom is 0.257 e. The molecule has 3 aromatic rings. The highest BCUT2D eigenvalue weighted by molar-refractivity contribution is 6.35. The van der Waals surface area contributed by atoms with Crippen LogP contribution in [0, 0.1) is 0 Å². The number of aromatic hydroxyl groups is 1. The number of fused-ring (bicyclic) bond motifs is 1. The third kappa shape index (κ3) is 2.66. The third-order valence-electron chi connectivity index (χ3n) is 3.12. The highest BCUT2D eigenvalue weighted by Gasteiger charge is 2.12. The fourth-order valence-electron chi connectivity index (χ4n) is 2.08. The van der Waals surface area contributed by atoms with E-state index in [1.165, 1.54) is 18.3 Å². The minimum Gasteiger partial charge on any atom is -0.508 e. The van der Waals surface area contributed by atoms with Gasteiger partial charge < -0.3 is 10.4 Å². The lowest BCUT2D eigenvalue weighted by Gasteiger charge is -2.08. The van der Waals surface area contributed by atoms with Gasteiger partial charge in [0.05, 0.1) is 5.56 Å². The van der Waals surface area contributed by atoms with Crippen molar-refractivity contribution in [3.63, 3.8) is 0 Å². The Morgan fingerprint density at radius 3 is 2.43 bits per heavy atom. The Hall–Kier alpha value is -2.59. The second-order valence-electron chi connectivity index (χ2n) is 4.51. The van der Waals surface area contributed by atoms with Gasteiger partial charge in [0.2, 0.25) is 0 Å². The first-order chi connectivity index (χ1) is 10.1. The maximum absolute atomic E-state index is 12.4. The summed E-state index contributed by atoms with van der Waals surface area (Å²) in [6.07, 6.45) is 1.46. The number of phenols is 1. The monoisotopic (exact) mass is 298 g/mol. The first-order valence-corrected chi connectivity index (χ1v) is 6.66. The molecule has 0 fully saturated rings. The summed E-state index contributed by atoms with van der Waals surface area (Å²) in [5.41, 5.74) is 1.04. The Bertz CT molecular complexity index is 816. The van der Waals surface area contributed by atoms with Gasteiger partial charge in [0.15, 0.2) is 0 Å². The number of phenolic OH excluding ortho intramolecular Hbond substituents is 1. The average Bonchev–Trinajstić information content (AvgIpc) is 2.50. The molecule has 0 aliphatic rings. The maximum atomic E-state index is 12.4. The van der Waals surface area contributed by atoms with E-state index < -0.39 is 0 Å². The largest absolute Gasteiger partial charge is 0.508 e. The van der Waals surface area contributed by atoms with E-state index in [9.17, 15) is 9.90 Å². The Morgan fingerprint density at radius 2 is 1.71 bits per heavy atom. The van der Waals surface area contributed by atoms with Crippen molar-refractivity contribution in [3.8, 4) is 5.75 Å². The van der Waals surface area contributed by atoms with Gasteiger partial charge in [-0.2, -0.15) is 0 Å². The van der Waals surface area contributed by atoms with Crippen LogP contribution in [0.5, 0.6) is 5.75 Å². The number of halogens is 1. The van der Waals surface area contributed by atoms with E-state index in [1.54, 1.807) is 12.1 Å². The topological polar surface area (TPSA) is 62.2 Å². The van der Waals surface area contributed by atoms with Crippen molar-refractivity contribution in [1.82, 2.24) is 4.98 Å². The number of hydrogen-bond acceptors (Lipinski definition) is 3. The molecule has 0 radical (unpaired) electrons. The molecule has 1 amide bonds. The van der Waals surface area contributed by atoms with Gasteiger partial charge in [-0.25, -0.2) is 4.98 Å². The minimum absolute atomic E-state index is 0.145. The van der Waals surface area contributed by atoms with E-state index >= 15 is 0 Å². The molecular formula is C16H11ClN2O2. The highest BCUT2D eigenvalue weighted by Crippen LogP contribution is 2.25. The molecule has 3 rings (SSSR count). The summed E-state index contributed by atoms with van der Waals surface area (Å²) in [6, 6.07) is 13.6. The van der Waals surface area contributed by atoms with E-state index in [-0.39, 0.29) is 11.7 Å². The Kier molecular flexibility index (Phi) is 3.46. The van der Waals surface area contributed by atoms with Crippen LogP contribution in [0.25, 0.3) is 10.8 Å². The smallest absolute Gasteiger partial charge is 0.257 e. The molecule has 0 spiro atoms. The first kappa shape index (κ1) is 13.4. The Labute approximate surface area is 126 Å². The molecule has 5 heteroatoms. The summed E-state index contributed by atoms with van der Waals surface area (Å²) >= 11 is 6.04. The number of anilines is 1. The van der Waals surface area contributed by atoms with Crippen LogP contribution < -0.4 is 5.32 Å². The standard InChI is InChI=1S/C16H11ClN2O2/c17-15-13-4-2-1-3-12(13)14(9-18-15)16(21)19-10-5-7-11(20)8-6-10/h1-9,20H,(H,19,21). The van der Waals surface area contributed by atoms with E-state index in [2.05, 4.69) is 10.3 Å². The predicted octanol–water partition coefficient (Wildman–Crippen LogP) is 3.85. The molecule has 2 N–H and O–H groups in total. The molecule has 21 heavy (non-hydrogen) atoms. The molecule has 0 unspecified atom stereocenters. The van der Waals surface area contributed by atoms with Crippen molar-refractivity contribution in [2.24, 2.45) is 0 Å². The summed E-state index contributed by atoms with van der Waals surface area (Å²) in [5.74, 6) is -0.132. The number of carbonyl (C=O) groups is 1. The van der Waals surface area contributed by atoms with Crippen LogP contribution in [0.1, 0.15) is 10.4 Å². The van der Waals surface area contributed by atoms with Crippen LogP contribution in [0.2, 0.25) is 5.15 Å². The van der Waals surface area contributed by atoms with Crippen LogP contribution in [-0.4, -0.2) is 16.0 Å². The lowest BCUT2D eigenvalue weighted by Crippen LogP contribution is -2.12. The zero-order chi connectivity index (χ0) is 14.8. The third-order valence-corrected chi connectivity index (χ3v) is 3.42. The van der Waals surface area contributed by atoms with E-state index in [0.717, 1.165) is 10.8 Å². The van der Waals surface area contributed by atoms with Gasteiger partial charge in [0, 0.05) is 17.3 Å². The van der Waals surface area contributed by atoms with E-state index in [4.69, 9.17) is 11.6 Å². The number of rotatable bonds is 2. The lowest BCUT2D eigenvalue weighted by atomic mass is 10.1. The lowest BCUT2D eigenvalue weighted by molar-refractivity contribution is 0.102. The van der Waals surface area contributed by atoms with Gasteiger partial charge in [0.25, 0.3) is 5.91 Å². The molecule has 0 atom stereocenters. The predicted molar refractivity (Wildman–Crippen MR) is 82.8 cm³/mol. The normalized spacial score (nSPS) is 10.5. The molecule has 2 aromatic carbocycles. The molecule has 1 heterocycles. The van der Waals surface area contributed by atoms with Gasteiger partial charge in [-0.3, -0.25) is 4.79 Å². The molecule has 104 valence electrons. The van der Waals surface area contributed by atoms with Gasteiger partial charge in [-0.15, -0.1) is 0 Å². The number of benzene rings is 2. The fourth-order valence-corrected chi connectivity index (χ4v) is 2.30. The van der Waals surface area contributed by atoms with Crippen molar-refractivity contribution < 1.29 is 9.90 Å². The van der Waals surface area contributed by atoms with Gasteiger partial charge in [-0.1, -0.05) is 35.9 Å². The number of aromatic nitrogens is 1. The fraction of sp³-hybridized carbons (Fsp3) is 0. The molecule has 1 aromatic heterocycles. The number of nitrogens with zero attached hydrogens (tertiary/aromatic N) is 1. The van der Waals surface area contributed by atoms with E-state index in [0.29, 0.717) is 16.4 Å². The van der Waals surface area contributed by atoms with Crippen molar-refractivity contribution >= 4 is 34.0 Å². The van der Waals surface area contributed by atoms with Gasteiger partial charge in [-0.05, 0) is 29.7 Å². The molecule has 0 saturated heterocycles. The number of carbonyl (C=O) groups excluding carboxylic acids is 1. The van der Waals surface area contributed by atoms with Crippen LogP contribution in [0.3, 0.4) is 0 Å². The number of pyridine rings is 1. The minimum atomic E-state index is -0.277.